The summed E-state index contributed by atoms with van der Waals surface area (Å²) in [6.45, 7) is 5.31. The topological polar surface area (TPSA) is 75.6 Å². The van der Waals surface area contributed by atoms with Crippen molar-refractivity contribution < 1.29 is 9.21 Å². The summed E-state index contributed by atoms with van der Waals surface area (Å²) in [5.41, 5.74) is 9.14. The van der Waals surface area contributed by atoms with Gasteiger partial charge in [-0.2, -0.15) is 0 Å². The zero-order valence-corrected chi connectivity index (χ0v) is 16.0. The van der Waals surface area contributed by atoms with E-state index in [0.717, 1.165) is 30.1 Å². The molecule has 1 saturated heterocycles. The number of carbonyl (C=O) groups is 1. The molecule has 1 fully saturated rings. The number of aryl methyl sites for hydroxylation is 1. The van der Waals surface area contributed by atoms with Gasteiger partial charge in [-0.15, -0.1) is 0 Å². The van der Waals surface area contributed by atoms with Gasteiger partial charge in [0.1, 0.15) is 5.76 Å². The van der Waals surface area contributed by atoms with E-state index in [2.05, 4.69) is 22.0 Å². The lowest BCUT2D eigenvalue weighted by Gasteiger charge is -2.36. The van der Waals surface area contributed by atoms with Crippen LogP contribution in [0.1, 0.15) is 21.8 Å². The van der Waals surface area contributed by atoms with E-state index in [4.69, 9.17) is 10.2 Å². The number of nitrogens with zero attached hydrogens (tertiary/aromatic N) is 3. The van der Waals surface area contributed by atoms with Crippen molar-refractivity contribution in [1.82, 2.24) is 9.88 Å². The van der Waals surface area contributed by atoms with Gasteiger partial charge in [0.15, 0.2) is 0 Å². The summed E-state index contributed by atoms with van der Waals surface area (Å²) in [5, 5.41) is 0. The van der Waals surface area contributed by atoms with E-state index in [1.54, 1.807) is 0 Å². The molecule has 2 N–H and O–H groups in total. The normalized spacial score (nSPS) is 14.4. The second kappa shape index (κ2) is 7.86. The highest BCUT2D eigenvalue weighted by Gasteiger charge is 2.22. The number of aromatic nitrogens is 1. The number of amides is 1. The first-order valence-electron chi connectivity index (χ1n) is 9.52. The smallest absolute Gasteiger partial charge is 0.253 e. The summed E-state index contributed by atoms with van der Waals surface area (Å²) in [4.78, 5) is 21.5. The summed E-state index contributed by atoms with van der Waals surface area (Å²) in [5.74, 6) is 1.33. The molecule has 0 bridgehead atoms. The van der Waals surface area contributed by atoms with Crippen LogP contribution in [0, 0.1) is 6.92 Å². The van der Waals surface area contributed by atoms with Crippen LogP contribution < -0.4 is 10.6 Å². The first-order valence-corrected chi connectivity index (χ1v) is 9.52. The molecule has 0 saturated carbocycles. The quantitative estimate of drug-likeness (QED) is 0.757. The number of piperazine rings is 1. The Bertz CT molecular complexity index is 942. The molecule has 0 spiro atoms. The summed E-state index contributed by atoms with van der Waals surface area (Å²) < 4.78 is 5.67. The molecule has 144 valence electrons. The molecule has 28 heavy (non-hydrogen) atoms. The molecule has 0 atom stereocenters. The van der Waals surface area contributed by atoms with Crippen LogP contribution in [0.2, 0.25) is 0 Å². The second-order valence-electron chi connectivity index (χ2n) is 6.92. The van der Waals surface area contributed by atoms with Crippen LogP contribution in [-0.2, 0) is 6.54 Å². The number of oxazole rings is 1. The van der Waals surface area contributed by atoms with Crippen LogP contribution in [0.25, 0.3) is 11.5 Å². The molecule has 1 aliphatic heterocycles. The van der Waals surface area contributed by atoms with E-state index in [-0.39, 0.29) is 5.91 Å². The van der Waals surface area contributed by atoms with Crippen molar-refractivity contribution in [3.63, 3.8) is 0 Å². The standard InChI is InChI=1S/C22H24N4O2/c1-16-20(15-23)24-21(28-16)17-7-9-18(10-8-17)22(27)26-13-11-25(12-14-26)19-5-3-2-4-6-19/h2-10H,11-15,23H2,1H3. The van der Waals surface area contributed by atoms with Gasteiger partial charge in [-0.1, -0.05) is 18.2 Å². The van der Waals surface area contributed by atoms with Gasteiger partial charge in [-0.05, 0) is 43.3 Å². The largest absolute Gasteiger partial charge is 0.441 e. The average Bonchev–Trinajstić information content (AvgIpc) is 3.15. The summed E-state index contributed by atoms with van der Waals surface area (Å²) in [7, 11) is 0. The van der Waals surface area contributed by atoms with Crippen molar-refractivity contribution in [2.45, 2.75) is 13.5 Å². The van der Waals surface area contributed by atoms with Crippen molar-refractivity contribution in [3.8, 4) is 11.5 Å². The molecule has 6 heteroatoms. The van der Waals surface area contributed by atoms with Crippen LogP contribution in [0.3, 0.4) is 0 Å². The first-order chi connectivity index (χ1) is 13.7. The molecule has 2 aromatic carbocycles. The van der Waals surface area contributed by atoms with E-state index >= 15 is 0 Å². The lowest BCUT2D eigenvalue weighted by atomic mass is 10.1. The van der Waals surface area contributed by atoms with Gasteiger partial charge in [0.2, 0.25) is 5.89 Å². The lowest BCUT2D eigenvalue weighted by Crippen LogP contribution is -2.48. The average molecular weight is 376 g/mol. The summed E-state index contributed by atoms with van der Waals surface area (Å²) in [6, 6.07) is 17.7. The highest BCUT2D eigenvalue weighted by molar-refractivity contribution is 5.94. The van der Waals surface area contributed by atoms with Crippen LogP contribution in [0.4, 0.5) is 5.69 Å². The number of nitrogens with two attached hydrogens (primary N) is 1. The molecule has 0 radical (unpaired) electrons. The predicted molar refractivity (Wildman–Crippen MR) is 109 cm³/mol. The highest BCUT2D eigenvalue weighted by Crippen LogP contribution is 2.23. The number of rotatable bonds is 4. The van der Waals surface area contributed by atoms with Gasteiger partial charge >= 0.3 is 0 Å². The van der Waals surface area contributed by atoms with E-state index in [1.807, 2.05) is 54.3 Å². The van der Waals surface area contributed by atoms with Gasteiger partial charge < -0.3 is 20.0 Å². The van der Waals surface area contributed by atoms with Gasteiger partial charge in [0, 0.05) is 49.5 Å². The fourth-order valence-electron chi connectivity index (χ4n) is 3.49. The van der Waals surface area contributed by atoms with Gasteiger partial charge in [0.05, 0.1) is 5.69 Å². The molecule has 2 heterocycles. The minimum atomic E-state index is 0.0606. The number of hydrogen-bond acceptors (Lipinski definition) is 5. The molecule has 0 aliphatic carbocycles. The number of carbonyl (C=O) groups excluding carboxylic acids is 1. The van der Waals surface area contributed by atoms with Crippen LogP contribution >= 0.6 is 0 Å². The first kappa shape index (κ1) is 18.3. The number of benzene rings is 2. The minimum Gasteiger partial charge on any atom is -0.441 e. The van der Waals surface area contributed by atoms with Gasteiger partial charge in [-0.3, -0.25) is 4.79 Å². The number of hydrogen-bond donors (Lipinski definition) is 1. The Morgan fingerprint density at radius 3 is 2.32 bits per heavy atom. The van der Waals surface area contributed by atoms with E-state index in [9.17, 15) is 4.79 Å². The van der Waals surface area contributed by atoms with Crippen molar-refractivity contribution in [1.29, 1.82) is 0 Å². The third-order valence-electron chi connectivity index (χ3n) is 5.15. The van der Waals surface area contributed by atoms with E-state index in [0.29, 0.717) is 31.1 Å². The Hall–Kier alpha value is -3.12. The van der Waals surface area contributed by atoms with E-state index < -0.39 is 0 Å². The van der Waals surface area contributed by atoms with Crippen molar-refractivity contribution in [2.24, 2.45) is 5.73 Å². The third-order valence-corrected chi connectivity index (χ3v) is 5.15. The van der Waals surface area contributed by atoms with Crippen LogP contribution in [-0.4, -0.2) is 42.0 Å². The molecular weight excluding hydrogens is 352 g/mol. The molecule has 1 aliphatic rings. The SMILES string of the molecule is Cc1oc(-c2ccc(C(=O)N3CCN(c4ccccc4)CC3)cc2)nc1CN. The molecular formula is C22H24N4O2. The maximum atomic E-state index is 12.8. The van der Waals surface area contributed by atoms with Crippen LogP contribution in [0.5, 0.6) is 0 Å². The van der Waals surface area contributed by atoms with Gasteiger partial charge in [-0.25, -0.2) is 4.98 Å². The van der Waals surface area contributed by atoms with E-state index in [1.165, 1.54) is 5.69 Å². The Morgan fingerprint density at radius 1 is 1.04 bits per heavy atom. The zero-order valence-electron chi connectivity index (χ0n) is 16.0. The van der Waals surface area contributed by atoms with Crippen LogP contribution in [0.15, 0.2) is 59.0 Å². The molecule has 1 amide bonds. The molecule has 4 rings (SSSR count). The third kappa shape index (κ3) is 3.64. The maximum Gasteiger partial charge on any atom is 0.253 e. The minimum absolute atomic E-state index is 0.0606. The molecule has 0 unspecified atom stereocenters. The number of para-hydroxylation sites is 1. The van der Waals surface area contributed by atoms with Crippen molar-refractivity contribution in [2.75, 3.05) is 31.1 Å². The highest BCUT2D eigenvalue weighted by atomic mass is 16.4. The fourth-order valence-corrected chi connectivity index (χ4v) is 3.49. The Balaban J connectivity index is 1.41. The second-order valence-corrected chi connectivity index (χ2v) is 6.92. The van der Waals surface area contributed by atoms with Gasteiger partial charge in [0.25, 0.3) is 5.91 Å². The Kier molecular flexibility index (Phi) is 5.12. The summed E-state index contributed by atoms with van der Waals surface area (Å²) in [6.07, 6.45) is 0. The molecule has 3 aromatic rings. The lowest BCUT2D eigenvalue weighted by molar-refractivity contribution is 0.0747. The molecule has 1 aromatic heterocycles. The Morgan fingerprint density at radius 2 is 1.71 bits per heavy atom. The Labute approximate surface area is 164 Å². The monoisotopic (exact) mass is 376 g/mol. The maximum absolute atomic E-state index is 12.8. The fraction of sp³-hybridized carbons (Fsp3) is 0.273. The molecule has 6 nitrogen and oxygen atoms in total. The summed E-state index contributed by atoms with van der Waals surface area (Å²) >= 11 is 0. The predicted octanol–water partition coefficient (Wildman–Crippen LogP) is 3.07. The zero-order chi connectivity index (χ0) is 19.5. The van der Waals surface area contributed by atoms with Crippen molar-refractivity contribution in [3.05, 3.63) is 71.6 Å². The number of anilines is 1. The van der Waals surface area contributed by atoms with Crippen molar-refractivity contribution >= 4 is 11.6 Å².